The number of rotatable bonds is 5. The molecule has 82 valence electrons. The molecule has 0 bridgehead atoms. The highest BCUT2D eigenvalue weighted by Gasteiger charge is 2.13. The summed E-state index contributed by atoms with van der Waals surface area (Å²) in [6.45, 7) is 2.69. The lowest BCUT2D eigenvalue weighted by Gasteiger charge is -2.21. The quantitative estimate of drug-likeness (QED) is 0.571. The van der Waals surface area contributed by atoms with E-state index in [1.54, 1.807) is 0 Å². The molecule has 0 N–H and O–H groups in total. The highest BCUT2D eigenvalue weighted by Crippen LogP contribution is 2.13. The zero-order valence-electron chi connectivity index (χ0n) is 8.65. The molecule has 0 aliphatic carbocycles. The Morgan fingerprint density at radius 2 is 2.07 bits per heavy atom. The van der Waals surface area contributed by atoms with Crippen molar-refractivity contribution in [3.8, 4) is 0 Å². The van der Waals surface area contributed by atoms with E-state index in [4.69, 9.17) is 16.3 Å². The first-order chi connectivity index (χ1) is 7.29. The number of amides is 1. The number of ether oxygens (including phenoxy) is 1. The summed E-state index contributed by atoms with van der Waals surface area (Å²) >= 11 is 5.53. The monoisotopic (exact) mass is 227 g/mol. The largest absolute Gasteiger partial charge is 0.361 e. The zero-order chi connectivity index (χ0) is 11.1. The van der Waals surface area contributed by atoms with Crippen LogP contribution in [0.25, 0.3) is 0 Å². The van der Waals surface area contributed by atoms with Crippen molar-refractivity contribution < 1.29 is 9.53 Å². The Morgan fingerprint density at radius 1 is 1.40 bits per heavy atom. The fourth-order valence-electron chi connectivity index (χ4n) is 1.15. The van der Waals surface area contributed by atoms with Crippen LogP contribution in [0.3, 0.4) is 0 Å². The molecule has 1 aromatic carbocycles. The van der Waals surface area contributed by atoms with Crippen molar-refractivity contribution in [3.05, 3.63) is 30.3 Å². The lowest BCUT2D eigenvalue weighted by Crippen LogP contribution is -2.34. The molecule has 0 saturated heterocycles. The summed E-state index contributed by atoms with van der Waals surface area (Å²) < 4.78 is 5.22. The summed E-state index contributed by atoms with van der Waals surface area (Å²) in [6.07, 6.45) is 0. The molecule has 0 aromatic heterocycles. The number of alkyl halides is 1. The van der Waals surface area contributed by atoms with E-state index in [1.807, 2.05) is 37.3 Å². The van der Waals surface area contributed by atoms with Crippen LogP contribution in [-0.2, 0) is 9.53 Å². The van der Waals surface area contributed by atoms with Crippen LogP contribution < -0.4 is 4.90 Å². The fourth-order valence-corrected chi connectivity index (χ4v) is 1.30. The molecule has 0 radical (unpaired) electrons. The Labute approximate surface area is 94.6 Å². The standard InChI is InChI=1S/C11H14ClNO2/c1-2-15-9-13(11(14)8-12)10-6-4-3-5-7-10/h3-7H,2,8-9H2,1H3. The van der Waals surface area contributed by atoms with Gasteiger partial charge in [-0.3, -0.25) is 9.69 Å². The van der Waals surface area contributed by atoms with Crippen molar-refractivity contribution in [3.63, 3.8) is 0 Å². The summed E-state index contributed by atoms with van der Waals surface area (Å²) in [4.78, 5) is 13.1. The Bertz CT molecular complexity index is 303. The molecule has 0 fully saturated rings. The molecule has 1 amide bonds. The van der Waals surface area contributed by atoms with Gasteiger partial charge in [0.25, 0.3) is 0 Å². The number of para-hydroxylation sites is 1. The minimum Gasteiger partial charge on any atom is -0.361 e. The number of benzene rings is 1. The Hall–Kier alpha value is -1.06. The highest BCUT2D eigenvalue weighted by atomic mass is 35.5. The first kappa shape index (κ1) is 12.0. The van der Waals surface area contributed by atoms with Crippen molar-refractivity contribution in [1.29, 1.82) is 0 Å². The first-order valence-electron chi connectivity index (χ1n) is 4.78. The second-order valence-electron chi connectivity index (χ2n) is 2.91. The molecular formula is C11H14ClNO2. The van der Waals surface area contributed by atoms with Gasteiger partial charge in [-0.05, 0) is 19.1 Å². The lowest BCUT2D eigenvalue weighted by molar-refractivity contribution is -0.117. The first-order valence-corrected chi connectivity index (χ1v) is 5.32. The van der Waals surface area contributed by atoms with Gasteiger partial charge in [-0.1, -0.05) is 18.2 Å². The van der Waals surface area contributed by atoms with E-state index >= 15 is 0 Å². The van der Waals surface area contributed by atoms with Crippen molar-refractivity contribution in [2.24, 2.45) is 0 Å². The van der Waals surface area contributed by atoms with Gasteiger partial charge >= 0.3 is 0 Å². The molecule has 1 rings (SSSR count). The SMILES string of the molecule is CCOCN(C(=O)CCl)c1ccccc1. The smallest absolute Gasteiger partial charge is 0.243 e. The van der Waals surface area contributed by atoms with Crippen molar-refractivity contribution in [2.75, 3.05) is 24.1 Å². The summed E-state index contributed by atoms with van der Waals surface area (Å²) in [5.74, 6) is -0.196. The van der Waals surface area contributed by atoms with Crippen LogP contribution in [0.2, 0.25) is 0 Å². The van der Waals surface area contributed by atoms with E-state index in [1.165, 1.54) is 4.90 Å². The Kier molecular flexibility index (Phi) is 5.15. The van der Waals surface area contributed by atoms with Crippen molar-refractivity contribution in [2.45, 2.75) is 6.92 Å². The number of hydrogen-bond acceptors (Lipinski definition) is 2. The maximum absolute atomic E-state index is 11.5. The van der Waals surface area contributed by atoms with Gasteiger partial charge in [-0.15, -0.1) is 11.6 Å². The van der Waals surface area contributed by atoms with Gasteiger partial charge < -0.3 is 4.74 Å². The van der Waals surface area contributed by atoms with E-state index in [-0.39, 0.29) is 18.5 Å². The molecule has 0 atom stereocenters. The molecule has 15 heavy (non-hydrogen) atoms. The summed E-state index contributed by atoms with van der Waals surface area (Å²) in [5.41, 5.74) is 0.802. The number of carbonyl (C=O) groups is 1. The number of carbonyl (C=O) groups excluding carboxylic acids is 1. The van der Waals surface area contributed by atoms with Crippen LogP contribution >= 0.6 is 11.6 Å². The minimum absolute atomic E-state index is 0.0397. The van der Waals surface area contributed by atoms with Crippen LogP contribution in [-0.4, -0.2) is 25.1 Å². The number of anilines is 1. The second-order valence-corrected chi connectivity index (χ2v) is 3.18. The predicted octanol–water partition coefficient (Wildman–Crippen LogP) is 2.25. The maximum atomic E-state index is 11.5. The molecule has 4 heteroatoms. The van der Waals surface area contributed by atoms with Crippen LogP contribution in [0.5, 0.6) is 0 Å². The van der Waals surface area contributed by atoms with Crippen LogP contribution in [0.4, 0.5) is 5.69 Å². The van der Waals surface area contributed by atoms with Crippen LogP contribution in [0.1, 0.15) is 6.92 Å². The van der Waals surface area contributed by atoms with E-state index in [2.05, 4.69) is 0 Å². The number of halogens is 1. The van der Waals surface area contributed by atoms with Gasteiger partial charge in [0, 0.05) is 12.3 Å². The van der Waals surface area contributed by atoms with Gasteiger partial charge in [0.2, 0.25) is 5.91 Å². The molecule has 1 aromatic rings. The molecule has 0 saturated carbocycles. The van der Waals surface area contributed by atoms with Crippen LogP contribution in [0.15, 0.2) is 30.3 Å². The van der Waals surface area contributed by atoms with E-state index in [9.17, 15) is 4.79 Å². The van der Waals surface area contributed by atoms with Gasteiger partial charge in [-0.2, -0.15) is 0 Å². The normalized spacial score (nSPS) is 10.0. The molecule has 0 heterocycles. The summed E-state index contributed by atoms with van der Waals surface area (Å²) in [6, 6.07) is 9.34. The molecule has 0 aliphatic rings. The fraction of sp³-hybridized carbons (Fsp3) is 0.364. The third-order valence-electron chi connectivity index (χ3n) is 1.91. The molecular weight excluding hydrogens is 214 g/mol. The van der Waals surface area contributed by atoms with Gasteiger partial charge in [0.05, 0.1) is 0 Å². The molecule has 0 spiro atoms. The number of hydrogen-bond donors (Lipinski definition) is 0. The Balaban J connectivity index is 2.76. The Morgan fingerprint density at radius 3 is 2.60 bits per heavy atom. The van der Waals surface area contributed by atoms with Gasteiger partial charge in [0.15, 0.2) is 0 Å². The summed E-state index contributed by atoms with van der Waals surface area (Å²) in [7, 11) is 0. The molecule has 3 nitrogen and oxygen atoms in total. The molecule has 0 unspecified atom stereocenters. The predicted molar refractivity (Wildman–Crippen MR) is 61.1 cm³/mol. The topological polar surface area (TPSA) is 29.5 Å². The van der Waals surface area contributed by atoms with E-state index in [0.29, 0.717) is 6.61 Å². The average Bonchev–Trinajstić information content (AvgIpc) is 2.30. The second kappa shape index (κ2) is 6.43. The average molecular weight is 228 g/mol. The van der Waals surface area contributed by atoms with Crippen LogP contribution in [0, 0.1) is 0 Å². The number of nitrogens with zero attached hydrogens (tertiary/aromatic N) is 1. The zero-order valence-corrected chi connectivity index (χ0v) is 9.41. The van der Waals surface area contributed by atoms with Crippen molar-refractivity contribution in [1.82, 2.24) is 0 Å². The van der Waals surface area contributed by atoms with Gasteiger partial charge in [-0.25, -0.2) is 0 Å². The lowest BCUT2D eigenvalue weighted by atomic mass is 10.3. The highest BCUT2D eigenvalue weighted by molar-refractivity contribution is 6.29. The third kappa shape index (κ3) is 3.53. The summed E-state index contributed by atoms with van der Waals surface area (Å²) in [5, 5.41) is 0. The molecule has 0 aliphatic heterocycles. The van der Waals surface area contributed by atoms with Gasteiger partial charge in [0.1, 0.15) is 12.6 Å². The van der Waals surface area contributed by atoms with Crippen molar-refractivity contribution >= 4 is 23.2 Å². The third-order valence-corrected chi connectivity index (χ3v) is 2.14. The van der Waals surface area contributed by atoms with E-state index < -0.39 is 0 Å². The van der Waals surface area contributed by atoms with E-state index in [0.717, 1.165) is 5.69 Å². The minimum atomic E-state index is -0.156. The maximum Gasteiger partial charge on any atom is 0.243 e.